The third-order valence-electron chi connectivity index (χ3n) is 2.73. The van der Waals surface area contributed by atoms with E-state index in [9.17, 15) is 23.7 Å². The number of nitrogens with one attached hydrogen (secondary N) is 1. The fourth-order valence-electron chi connectivity index (χ4n) is 1.41. The van der Waals surface area contributed by atoms with Gasteiger partial charge in [-0.15, -0.1) is 0 Å². The lowest BCUT2D eigenvalue weighted by Gasteiger charge is -2.25. The Hall–Kier alpha value is -2.09. The Morgan fingerprint density at radius 3 is 2.40 bits per heavy atom. The summed E-state index contributed by atoms with van der Waals surface area (Å²) in [5, 5.41) is 12.8. The summed E-state index contributed by atoms with van der Waals surface area (Å²) in [5.41, 5.74) is 3.46. The molecule has 0 saturated heterocycles. The first-order valence-electron chi connectivity index (χ1n) is 5.74. The molecule has 0 aliphatic carbocycles. The normalized spacial score (nSPS) is 12.9. The Bertz CT molecular complexity index is 556. The van der Waals surface area contributed by atoms with Crippen LogP contribution in [-0.4, -0.2) is 16.9 Å². The Morgan fingerprint density at radius 2 is 1.95 bits per heavy atom. The van der Waals surface area contributed by atoms with Crippen LogP contribution in [0.15, 0.2) is 12.1 Å². The molecule has 0 spiro atoms. The van der Waals surface area contributed by atoms with Crippen molar-refractivity contribution in [1.82, 2.24) is 0 Å². The van der Waals surface area contributed by atoms with E-state index in [0.717, 1.165) is 6.07 Å². The highest BCUT2D eigenvalue weighted by atomic mass is 19.2. The van der Waals surface area contributed by atoms with Crippen molar-refractivity contribution in [3.8, 4) is 0 Å². The molecule has 1 aromatic rings. The van der Waals surface area contributed by atoms with Crippen molar-refractivity contribution in [2.45, 2.75) is 26.8 Å². The van der Waals surface area contributed by atoms with E-state index in [2.05, 4.69) is 0 Å². The fourth-order valence-corrected chi connectivity index (χ4v) is 1.41. The number of amides is 1. The van der Waals surface area contributed by atoms with Crippen molar-refractivity contribution in [2.24, 2.45) is 11.1 Å². The van der Waals surface area contributed by atoms with Crippen LogP contribution >= 0.6 is 0 Å². The number of anilines is 1. The molecule has 1 aromatic carbocycles. The van der Waals surface area contributed by atoms with Crippen LogP contribution in [0.4, 0.5) is 20.2 Å². The van der Waals surface area contributed by atoms with Crippen LogP contribution in [0.5, 0.6) is 0 Å². The molecule has 3 N–H and O–H groups in total. The molecule has 1 atom stereocenters. The fraction of sp³-hybridized carbons (Fsp3) is 0.417. The van der Waals surface area contributed by atoms with Gasteiger partial charge in [-0.2, -0.15) is 0 Å². The van der Waals surface area contributed by atoms with Crippen LogP contribution < -0.4 is 11.1 Å². The van der Waals surface area contributed by atoms with Gasteiger partial charge in [0.1, 0.15) is 0 Å². The smallest absolute Gasteiger partial charge is 0.296 e. The quantitative estimate of drug-likeness (QED) is 0.657. The molecule has 8 heteroatoms. The largest absolute Gasteiger partial charge is 0.319 e. The van der Waals surface area contributed by atoms with Gasteiger partial charge in [0.25, 0.3) is 5.69 Å². The van der Waals surface area contributed by atoms with Crippen LogP contribution in [0.1, 0.15) is 20.8 Å². The summed E-state index contributed by atoms with van der Waals surface area (Å²) < 4.78 is 26.7. The molecule has 0 bridgehead atoms. The molecular formula is C12H15F2N3O3. The van der Waals surface area contributed by atoms with Crippen molar-refractivity contribution in [2.75, 3.05) is 5.32 Å². The Kier molecular flexibility index (Phi) is 4.39. The molecule has 0 aliphatic heterocycles. The molecule has 0 aromatic heterocycles. The van der Waals surface area contributed by atoms with E-state index in [1.807, 2.05) is 5.32 Å². The van der Waals surface area contributed by atoms with Gasteiger partial charge in [-0.05, 0) is 11.5 Å². The lowest BCUT2D eigenvalue weighted by atomic mass is 9.87. The zero-order valence-corrected chi connectivity index (χ0v) is 11.2. The summed E-state index contributed by atoms with van der Waals surface area (Å²) in [6, 6.07) is 0.355. The van der Waals surface area contributed by atoms with Crippen LogP contribution in [0, 0.1) is 27.2 Å². The molecule has 0 saturated carbocycles. The number of benzene rings is 1. The molecule has 0 fully saturated rings. The average Bonchev–Trinajstić information content (AvgIpc) is 2.32. The number of hydrogen-bond acceptors (Lipinski definition) is 4. The van der Waals surface area contributed by atoms with Crippen molar-refractivity contribution >= 4 is 17.3 Å². The van der Waals surface area contributed by atoms with Gasteiger partial charge >= 0.3 is 0 Å². The van der Waals surface area contributed by atoms with E-state index in [1.54, 1.807) is 20.8 Å². The molecule has 110 valence electrons. The SMILES string of the molecule is CC(C)(C)C(N)C(=O)Nc1c([N+](=O)[O-])ccc(F)c1F. The summed E-state index contributed by atoms with van der Waals surface area (Å²) in [7, 11) is 0. The second-order valence-corrected chi connectivity index (χ2v) is 5.35. The summed E-state index contributed by atoms with van der Waals surface area (Å²) in [6.07, 6.45) is 0. The van der Waals surface area contributed by atoms with Crippen molar-refractivity contribution in [3.05, 3.63) is 33.9 Å². The highest BCUT2D eigenvalue weighted by Crippen LogP contribution is 2.30. The summed E-state index contributed by atoms with van der Waals surface area (Å²) in [5.74, 6) is -3.62. The minimum atomic E-state index is -1.49. The molecule has 0 radical (unpaired) electrons. The number of rotatable bonds is 3. The number of nitro benzene ring substituents is 1. The number of nitrogens with zero attached hydrogens (tertiary/aromatic N) is 1. The lowest BCUT2D eigenvalue weighted by molar-refractivity contribution is -0.384. The summed E-state index contributed by atoms with van der Waals surface area (Å²) in [4.78, 5) is 21.7. The highest BCUT2D eigenvalue weighted by molar-refractivity contribution is 5.97. The average molecular weight is 287 g/mol. The van der Waals surface area contributed by atoms with Gasteiger partial charge in [-0.25, -0.2) is 8.78 Å². The first-order chi connectivity index (χ1) is 9.05. The van der Waals surface area contributed by atoms with E-state index in [-0.39, 0.29) is 0 Å². The molecule has 1 amide bonds. The van der Waals surface area contributed by atoms with Crippen LogP contribution in [0.2, 0.25) is 0 Å². The zero-order valence-electron chi connectivity index (χ0n) is 11.2. The van der Waals surface area contributed by atoms with Gasteiger partial charge in [-0.3, -0.25) is 14.9 Å². The number of carbonyl (C=O) groups is 1. The van der Waals surface area contributed by atoms with Crippen molar-refractivity contribution < 1.29 is 18.5 Å². The van der Waals surface area contributed by atoms with Crippen LogP contribution in [0.3, 0.4) is 0 Å². The van der Waals surface area contributed by atoms with Gasteiger partial charge in [0.15, 0.2) is 17.3 Å². The zero-order chi connectivity index (χ0) is 15.7. The Balaban J connectivity index is 3.18. The second-order valence-electron chi connectivity index (χ2n) is 5.35. The number of hydrogen-bond donors (Lipinski definition) is 2. The standard InChI is InChI=1S/C12H15F2N3O3/c1-12(2,3)10(15)11(18)16-9-7(17(19)20)5-4-6(13)8(9)14/h4-5,10H,15H2,1-3H3,(H,16,18). The number of carbonyl (C=O) groups excluding carboxylic acids is 1. The van der Waals surface area contributed by atoms with Crippen molar-refractivity contribution in [3.63, 3.8) is 0 Å². The number of nitrogens with two attached hydrogens (primary N) is 1. The van der Waals surface area contributed by atoms with Gasteiger partial charge in [0, 0.05) is 6.07 Å². The van der Waals surface area contributed by atoms with E-state index in [0.29, 0.717) is 6.07 Å². The number of nitro groups is 1. The molecule has 0 heterocycles. The van der Waals surface area contributed by atoms with Gasteiger partial charge in [0.2, 0.25) is 5.91 Å². The van der Waals surface area contributed by atoms with E-state index in [4.69, 9.17) is 5.73 Å². The first-order valence-corrected chi connectivity index (χ1v) is 5.74. The minimum absolute atomic E-state index is 0.618. The second kappa shape index (κ2) is 5.49. The Morgan fingerprint density at radius 1 is 1.40 bits per heavy atom. The van der Waals surface area contributed by atoms with Crippen LogP contribution in [0.25, 0.3) is 0 Å². The monoisotopic (exact) mass is 287 g/mol. The third-order valence-corrected chi connectivity index (χ3v) is 2.73. The van der Waals surface area contributed by atoms with Crippen LogP contribution in [-0.2, 0) is 4.79 Å². The highest BCUT2D eigenvalue weighted by Gasteiger charge is 2.30. The van der Waals surface area contributed by atoms with Gasteiger partial charge < -0.3 is 11.1 Å². The maximum absolute atomic E-state index is 13.6. The van der Waals surface area contributed by atoms with E-state index >= 15 is 0 Å². The maximum atomic E-state index is 13.6. The van der Waals surface area contributed by atoms with Gasteiger partial charge in [-0.1, -0.05) is 20.8 Å². The van der Waals surface area contributed by atoms with E-state index < -0.39 is 45.3 Å². The molecule has 1 rings (SSSR count). The predicted molar refractivity (Wildman–Crippen MR) is 69.1 cm³/mol. The van der Waals surface area contributed by atoms with Gasteiger partial charge in [0.05, 0.1) is 11.0 Å². The molecule has 6 nitrogen and oxygen atoms in total. The van der Waals surface area contributed by atoms with Crippen molar-refractivity contribution in [1.29, 1.82) is 0 Å². The first kappa shape index (κ1) is 16.0. The predicted octanol–water partition coefficient (Wildman–Crippen LogP) is 2.18. The molecule has 20 heavy (non-hydrogen) atoms. The third kappa shape index (κ3) is 3.27. The van der Waals surface area contributed by atoms with E-state index in [1.165, 1.54) is 0 Å². The summed E-state index contributed by atoms with van der Waals surface area (Å²) >= 11 is 0. The minimum Gasteiger partial charge on any atom is -0.319 e. The topological polar surface area (TPSA) is 98.3 Å². The summed E-state index contributed by atoms with van der Waals surface area (Å²) in [6.45, 7) is 5.02. The maximum Gasteiger partial charge on any atom is 0.296 e. The Labute approximate surface area is 114 Å². The number of halogens is 2. The molecule has 0 aliphatic rings. The lowest BCUT2D eigenvalue weighted by Crippen LogP contribution is -2.45. The molecule has 1 unspecified atom stereocenters. The molecular weight excluding hydrogens is 272 g/mol.